The normalized spacial score (nSPS) is 11.0. The van der Waals surface area contributed by atoms with Gasteiger partial charge in [-0.3, -0.25) is 4.79 Å². The van der Waals surface area contributed by atoms with E-state index in [0.29, 0.717) is 16.3 Å². The van der Waals surface area contributed by atoms with Gasteiger partial charge in [0.1, 0.15) is 0 Å². The largest absolute Gasteiger partial charge is 0.322 e. The molecule has 152 valence electrons. The number of hydrogen-bond donors (Lipinski definition) is 1. The second-order valence-corrected chi connectivity index (χ2v) is 7.51. The van der Waals surface area contributed by atoms with E-state index in [-0.39, 0.29) is 5.91 Å². The zero-order valence-corrected chi connectivity index (χ0v) is 17.3. The summed E-state index contributed by atoms with van der Waals surface area (Å²) in [6, 6.07) is 16.3. The second kappa shape index (κ2) is 7.70. The summed E-state index contributed by atoms with van der Waals surface area (Å²) in [5, 5.41) is 12.3. The number of nitrogens with zero attached hydrogens (tertiary/aromatic N) is 5. The van der Waals surface area contributed by atoms with Crippen molar-refractivity contribution in [3.05, 3.63) is 95.5 Å². The Labute approximate surface area is 182 Å². The highest BCUT2D eigenvalue weighted by Gasteiger charge is 2.12. The maximum Gasteiger partial charge on any atom is 0.255 e. The smallest absolute Gasteiger partial charge is 0.255 e. The van der Waals surface area contributed by atoms with Gasteiger partial charge in [-0.2, -0.15) is 10.2 Å². The summed E-state index contributed by atoms with van der Waals surface area (Å²) in [7, 11) is 0. The zero-order valence-electron chi connectivity index (χ0n) is 16.5. The molecular formula is C23H17ClN6O. The molecule has 0 unspecified atom stereocenters. The van der Waals surface area contributed by atoms with Crippen LogP contribution in [-0.2, 0) is 0 Å². The van der Waals surface area contributed by atoms with Crippen molar-refractivity contribution in [2.75, 3.05) is 5.32 Å². The molecule has 31 heavy (non-hydrogen) atoms. The highest BCUT2D eigenvalue weighted by atomic mass is 35.5. The zero-order chi connectivity index (χ0) is 21.4. The van der Waals surface area contributed by atoms with Crippen LogP contribution < -0.4 is 5.32 Å². The van der Waals surface area contributed by atoms with Crippen molar-refractivity contribution >= 4 is 28.8 Å². The fraction of sp³-hybridized carbons (Fsp3) is 0.0435. The Morgan fingerprint density at radius 3 is 2.81 bits per heavy atom. The second-order valence-electron chi connectivity index (χ2n) is 7.08. The Kier molecular flexibility index (Phi) is 4.72. The number of carbonyl (C=O) groups is 1. The van der Waals surface area contributed by atoms with Crippen molar-refractivity contribution in [2.24, 2.45) is 0 Å². The van der Waals surface area contributed by atoms with Crippen LogP contribution in [0.3, 0.4) is 0 Å². The van der Waals surface area contributed by atoms with Gasteiger partial charge in [-0.25, -0.2) is 14.2 Å². The van der Waals surface area contributed by atoms with Crippen molar-refractivity contribution < 1.29 is 4.79 Å². The van der Waals surface area contributed by atoms with E-state index in [2.05, 4.69) is 20.5 Å². The molecule has 0 aliphatic heterocycles. The van der Waals surface area contributed by atoms with Crippen molar-refractivity contribution in [3.8, 4) is 16.9 Å². The van der Waals surface area contributed by atoms with Gasteiger partial charge in [0.25, 0.3) is 5.91 Å². The van der Waals surface area contributed by atoms with E-state index in [0.717, 1.165) is 28.2 Å². The predicted molar refractivity (Wildman–Crippen MR) is 120 cm³/mol. The fourth-order valence-corrected chi connectivity index (χ4v) is 3.57. The van der Waals surface area contributed by atoms with Gasteiger partial charge in [0, 0.05) is 34.2 Å². The van der Waals surface area contributed by atoms with E-state index < -0.39 is 0 Å². The van der Waals surface area contributed by atoms with Gasteiger partial charge < -0.3 is 5.32 Å². The number of imidazole rings is 1. The van der Waals surface area contributed by atoms with Gasteiger partial charge >= 0.3 is 0 Å². The third-order valence-corrected chi connectivity index (χ3v) is 5.19. The van der Waals surface area contributed by atoms with E-state index in [1.165, 1.54) is 0 Å². The summed E-state index contributed by atoms with van der Waals surface area (Å²) >= 11 is 6.00. The Morgan fingerprint density at radius 1 is 1.03 bits per heavy atom. The third kappa shape index (κ3) is 3.67. The molecule has 3 aromatic heterocycles. The molecule has 7 nitrogen and oxygen atoms in total. The van der Waals surface area contributed by atoms with E-state index in [1.807, 2.05) is 43.5 Å². The number of amides is 1. The molecule has 0 aliphatic carbocycles. The van der Waals surface area contributed by atoms with Crippen LogP contribution in [-0.4, -0.2) is 30.3 Å². The van der Waals surface area contributed by atoms with Gasteiger partial charge in [0.2, 0.25) is 0 Å². The number of anilines is 1. The molecule has 0 saturated heterocycles. The Bertz CT molecular complexity index is 1420. The molecule has 0 atom stereocenters. The van der Waals surface area contributed by atoms with Crippen molar-refractivity contribution in [3.63, 3.8) is 0 Å². The number of nitrogens with one attached hydrogen (secondary N) is 1. The molecular weight excluding hydrogens is 412 g/mol. The van der Waals surface area contributed by atoms with Gasteiger partial charge in [0.15, 0.2) is 5.65 Å². The summed E-state index contributed by atoms with van der Waals surface area (Å²) in [6.45, 7) is 2.00. The minimum atomic E-state index is -0.227. The molecule has 1 N–H and O–H groups in total. The van der Waals surface area contributed by atoms with E-state index in [9.17, 15) is 4.79 Å². The average Bonchev–Trinajstić information content (AvgIpc) is 3.42. The van der Waals surface area contributed by atoms with Crippen LogP contribution in [0, 0.1) is 6.92 Å². The number of hydrogen-bond acceptors (Lipinski definition) is 4. The SMILES string of the molecule is Cc1ccc(NC(=O)c2cccc(Cl)c2)cc1-n1cc(-c2cnc3cccnn23)cn1. The Morgan fingerprint density at radius 2 is 1.94 bits per heavy atom. The predicted octanol–water partition coefficient (Wildman–Crippen LogP) is 4.80. The van der Waals surface area contributed by atoms with Gasteiger partial charge in [0.05, 0.1) is 23.8 Å². The molecule has 3 heterocycles. The van der Waals surface area contributed by atoms with Crippen LogP contribution in [0.25, 0.3) is 22.6 Å². The minimum Gasteiger partial charge on any atom is -0.322 e. The number of carbonyl (C=O) groups excluding carboxylic acids is 1. The molecule has 5 rings (SSSR count). The average molecular weight is 429 g/mol. The highest BCUT2D eigenvalue weighted by Crippen LogP contribution is 2.24. The Hall–Kier alpha value is -3.97. The quantitative estimate of drug-likeness (QED) is 0.446. The number of fused-ring (bicyclic) bond motifs is 1. The van der Waals surface area contributed by atoms with Crippen molar-refractivity contribution in [1.29, 1.82) is 0 Å². The molecule has 1 amide bonds. The molecule has 5 aromatic rings. The van der Waals surface area contributed by atoms with Crippen molar-refractivity contribution in [2.45, 2.75) is 6.92 Å². The van der Waals surface area contributed by atoms with Crippen LogP contribution in [0.4, 0.5) is 5.69 Å². The lowest BCUT2D eigenvalue weighted by molar-refractivity contribution is 0.102. The standard InChI is InChI=1S/C23H17ClN6O/c1-15-7-8-19(28-23(31)16-4-2-5-18(24)10-16)11-20(15)29-14-17(12-27-29)21-13-25-22-6-3-9-26-30(21)22/h2-14H,1H3,(H,28,31). The molecule has 0 spiro atoms. The van der Waals surface area contributed by atoms with E-state index >= 15 is 0 Å². The van der Waals surface area contributed by atoms with Crippen LogP contribution in [0.2, 0.25) is 5.02 Å². The lowest BCUT2D eigenvalue weighted by Gasteiger charge is -2.10. The molecule has 0 aliphatic rings. The highest BCUT2D eigenvalue weighted by molar-refractivity contribution is 6.31. The molecule has 2 aromatic carbocycles. The molecule has 0 bridgehead atoms. The monoisotopic (exact) mass is 428 g/mol. The number of aryl methyl sites for hydroxylation is 1. The van der Waals surface area contributed by atoms with Gasteiger partial charge in [-0.15, -0.1) is 0 Å². The van der Waals surface area contributed by atoms with Crippen molar-refractivity contribution in [1.82, 2.24) is 24.4 Å². The summed E-state index contributed by atoms with van der Waals surface area (Å²) in [4.78, 5) is 17.0. The first-order valence-electron chi connectivity index (χ1n) is 9.60. The topological polar surface area (TPSA) is 77.1 Å². The van der Waals surface area contributed by atoms with Crippen LogP contribution >= 0.6 is 11.6 Å². The van der Waals surface area contributed by atoms with Crippen LogP contribution in [0.1, 0.15) is 15.9 Å². The molecule has 0 fully saturated rings. The fourth-order valence-electron chi connectivity index (χ4n) is 3.38. The number of rotatable bonds is 4. The number of halogens is 1. The lowest BCUT2D eigenvalue weighted by Crippen LogP contribution is -2.12. The first kappa shape index (κ1) is 19.0. The van der Waals surface area contributed by atoms with Crippen LogP contribution in [0.15, 0.2) is 79.4 Å². The summed E-state index contributed by atoms with van der Waals surface area (Å²) < 4.78 is 3.55. The van der Waals surface area contributed by atoms with Crippen LogP contribution in [0.5, 0.6) is 0 Å². The summed E-state index contributed by atoms with van der Waals surface area (Å²) in [6.07, 6.45) is 7.19. The summed E-state index contributed by atoms with van der Waals surface area (Å²) in [5.41, 5.74) is 5.55. The first-order chi connectivity index (χ1) is 15.1. The maximum atomic E-state index is 12.6. The van der Waals surface area contributed by atoms with E-state index in [1.54, 1.807) is 52.1 Å². The van der Waals surface area contributed by atoms with Gasteiger partial charge in [-0.1, -0.05) is 23.7 Å². The number of benzene rings is 2. The minimum absolute atomic E-state index is 0.227. The third-order valence-electron chi connectivity index (χ3n) is 4.96. The summed E-state index contributed by atoms with van der Waals surface area (Å²) in [5.74, 6) is -0.227. The maximum absolute atomic E-state index is 12.6. The molecule has 0 saturated carbocycles. The Balaban J connectivity index is 1.45. The van der Waals surface area contributed by atoms with Gasteiger partial charge in [-0.05, 0) is 55.0 Å². The first-order valence-corrected chi connectivity index (χ1v) is 9.98. The lowest BCUT2D eigenvalue weighted by atomic mass is 10.1. The number of aromatic nitrogens is 5. The molecule has 0 radical (unpaired) electrons. The van der Waals surface area contributed by atoms with E-state index in [4.69, 9.17) is 11.6 Å². The molecule has 8 heteroatoms.